The van der Waals surface area contributed by atoms with Gasteiger partial charge in [0.25, 0.3) is 6.43 Å². The van der Waals surface area contributed by atoms with Crippen molar-refractivity contribution in [3.05, 3.63) is 0 Å². The molecule has 0 aromatic rings. The van der Waals surface area contributed by atoms with Crippen LogP contribution in [-0.4, -0.2) is 30.1 Å². The average molecular weight is 192 g/mol. The molecule has 2 unspecified atom stereocenters. The number of hydrogen-bond acceptors (Lipinski definition) is 3. The van der Waals surface area contributed by atoms with Crippen molar-refractivity contribution in [1.29, 1.82) is 5.26 Å². The van der Waals surface area contributed by atoms with Crippen LogP contribution in [0.2, 0.25) is 0 Å². The van der Waals surface area contributed by atoms with E-state index in [0.29, 0.717) is 0 Å². The van der Waals surface area contributed by atoms with Crippen molar-refractivity contribution >= 4 is 5.91 Å². The van der Waals surface area contributed by atoms with Crippen LogP contribution in [0.3, 0.4) is 0 Å². The maximum atomic E-state index is 11.7. The Morgan fingerprint density at radius 2 is 2.23 bits per heavy atom. The number of nitriles is 1. The lowest BCUT2D eigenvalue weighted by molar-refractivity contribution is -0.123. The van der Waals surface area contributed by atoms with E-state index in [4.69, 9.17) is 10.4 Å². The Bertz CT molecular complexity index is 215. The summed E-state index contributed by atoms with van der Waals surface area (Å²) in [5.74, 6) is -1.56. The zero-order chi connectivity index (χ0) is 10.4. The highest BCUT2D eigenvalue weighted by Crippen LogP contribution is 1.99. The molecule has 13 heavy (non-hydrogen) atoms. The molecule has 0 aliphatic rings. The minimum absolute atomic E-state index is 0.539. The number of carbonyl (C=O) groups is 1. The molecule has 0 bridgehead atoms. The summed E-state index contributed by atoms with van der Waals surface area (Å²) in [6.07, 6.45) is -4.77. The maximum Gasteiger partial charge on any atom is 0.265 e. The lowest BCUT2D eigenvalue weighted by atomic mass is 10.2. The van der Waals surface area contributed by atoms with E-state index in [2.05, 4.69) is 0 Å². The van der Waals surface area contributed by atoms with Gasteiger partial charge in [-0.2, -0.15) is 5.26 Å². The first kappa shape index (κ1) is 11.8. The summed E-state index contributed by atoms with van der Waals surface area (Å²) in [6.45, 7) is 0.798. The summed E-state index contributed by atoms with van der Waals surface area (Å²) in [6, 6.07) is 1.64. The Morgan fingerprint density at radius 1 is 1.69 bits per heavy atom. The number of nitrogens with one attached hydrogen (secondary N) is 1. The molecule has 2 N–H and O–H groups in total. The first-order valence-electron chi connectivity index (χ1n) is 3.62. The van der Waals surface area contributed by atoms with Crippen molar-refractivity contribution in [2.45, 2.75) is 19.5 Å². The predicted molar refractivity (Wildman–Crippen MR) is 39.8 cm³/mol. The van der Waals surface area contributed by atoms with Crippen LogP contribution in [0.5, 0.6) is 0 Å². The van der Waals surface area contributed by atoms with Gasteiger partial charge in [0.2, 0.25) is 5.91 Å². The topological polar surface area (TPSA) is 73.1 Å². The highest BCUT2D eigenvalue weighted by molar-refractivity contribution is 5.80. The molecule has 0 saturated heterocycles. The molecule has 0 aromatic carbocycles. The average Bonchev–Trinajstić information content (AvgIpc) is 2.11. The monoisotopic (exact) mass is 192 g/mol. The largest absolute Gasteiger partial charge is 0.385 e. The highest BCUT2D eigenvalue weighted by atomic mass is 19.3. The normalized spacial score (nSPS) is 14.8. The number of amides is 1. The molecule has 0 saturated carbocycles. The fourth-order valence-electron chi connectivity index (χ4n) is 0.506. The van der Waals surface area contributed by atoms with E-state index in [0.717, 1.165) is 0 Å². The zero-order valence-corrected chi connectivity index (χ0v) is 7.00. The molecule has 4 nitrogen and oxygen atoms in total. The van der Waals surface area contributed by atoms with Gasteiger partial charge in [-0.1, -0.05) is 0 Å². The summed E-state index contributed by atoms with van der Waals surface area (Å²) in [7, 11) is 0. The van der Waals surface area contributed by atoms with Gasteiger partial charge in [-0.3, -0.25) is 4.79 Å². The van der Waals surface area contributed by atoms with Crippen molar-refractivity contribution in [3.8, 4) is 6.07 Å². The van der Waals surface area contributed by atoms with Gasteiger partial charge in [0.1, 0.15) is 12.0 Å². The van der Waals surface area contributed by atoms with E-state index in [1.165, 1.54) is 6.92 Å². The van der Waals surface area contributed by atoms with Gasteiger partial charge in [0.15, 0.2) is 0 Å². The van der Waals surface area contributed by atoms with Crippen LogP contribution in [0.15, 0.2) is 0 Å². The maximum absolute atomic E-state index is 11.7. The van der Waals surface area contributed by atoms with E-state index in [9.17, 15) is 13.6 Å². The van der Waals surface area contributed by atoms with Crippen molar-refractivity contribution in [1.82, 2.24) is 5.32 Å². The summed E-state index contributed by atoms with van der Waals surface area (Å²) >= 11 is 0. The fraction of sp³-hybridized carbons (Fsp3) is 0.714. The summed E-state index contributed by atoms with van der Waals surface area (Å²) in [5.41, 5.74) is 0. The van der Waals surface area contributed by atoms with Crippen LogP contribution in [0, 0.1) is 17.2 Å². The molecule has 0 radical (unpaired) electrons. The van der Waals surface area contributed by atoms with Gasteiger partial charge in [0.05, 0.1) is 6.07 Å². The van der Waals surface area contributed by atoms with E-state index < -0.39 is 30.9 Å². The fourth-order valence-corrected chi connectivity index (χ4v) is 0.506. The third kappa shape index (κ3) is 4.38. The Kier molecular flexibility index (Phi) is 4.92. The Morgan fingerprint density at radius 3 is 2.62 bits per heavy atom. The van der Waals surface area contributed by atoms with Gasteiger partial charge in [-0.05, 0) is 6.92 Å². The number of carbonyl (C=O) groups excluding carboxylic acids is 1. The minimum Gasteiger partial charge on any atom is -0.385 e. The minimum atomic E-state index is -2.89. The molecule has 0 heterocycles. The second-order valence-corrected chi connectivity index (χ2v) is 2.50. The molecule has 74 valence electrons. The van der Waals surface area contributed by atoms with Crippen LogP contribution < -0.4 is 5.32 Å². The number of alkyl halides is 2. The molecule has 6 heteroatoms. The molecule has 1 amide bonds. The van der Waals surface area contributed by atoms with E-state index in [-0.39, 0.29) is 0 Å². The van der Waals surface area contributed by atoms with Crippen LogP contribution in [-0.2, 0) is 4.79 Å². The first-order valence-corrected chi connectivity index (χ1v) is 3.62. The summed E-state index contributed by atoms with van der Waals surface area (Å²) in [5, 5.41) is 18.9. The molecule has 0 aliphatic heterocycles. The van der Waals surface area contributed by atoms with Crippen LogP contribution in [0.4, 0.5) is 8.78 Å². The molecular weight excluding hydrogens is 182 g/mol. The highest BCUT2D eigenvalue weighted by Gasteiger charge is 2.19. The summed E-state index contributed by atoms with van der Waals surface area (Å²) in [4.78, 5) is 10.8. The second kappa shape index (κ2) is 5.43. The van der Waals surface area contributed by atoms with Gasteiger partial charge < -0.3 is 10.4 Å². The predicted octanol–water partition coefficient (Wildman–Crippen LogP) is -0.112. The summed E-state index contributed by atoms with van der Waals surface area (Å²) < 4.78 is 23.4. The standard InChI is InChI=1S/C7H10F2N2O2/c1-4(2-10)7(13)11-3-5(12)6(8)9/h4-6,12H,3H2,1H3,(H,11,13). The van der Waals surface area contributed by atoms with Crippen LogP contribution in [0.25, 0.3) is 0 Å². The molecule has 2 atom stereocenters. The molecule has 0 spiro atoms. The van der Waals surface area contributed by atoms with Crippen molar-refractivity contribution in [2.24, 2.45) is 5.92 Å². The van der Waals surface area contributed by atoms with Gasteiger partial charge in [0, 0.05) is 6.54 Å². The first-order chi connectivity index (χ1) is 5.99. The number of aliphatic hydroxyl groups excluding tert-OH is 1. The smallest absolute Gasteiger partial charge is 0.265 e. The molecular formula is C7H10F2N2O2. The number of halogens is 2. The number of hydrogen-bond donors (Lipinski definition) is 2. The lowest BCUT2D eigenvalue weighted by Gasteiger charge is -2.10. The quantitative estimate of drug-likeness (QED) is 0.652. The number of rotatable bonds is 4. The Balaban J connectivity index is 3.78. The molecule has 0 fully saturated rings. The molecule has 0 aromatic heterocycles. The number of aliphatic hydroxyl groups is 1. The molecule has 0 rings (SSSR count). The van der Waals surface area contributed by atoms with E-state index in [1.807, 2.05) is 5.32 Å². The number of nitrogens with zero attached hydrogens (tertiary/aromatic N) is 1. The Hall–Kier alpha value is -1.22. The Labute approximate surface area is 74.2 Å². The van der Waals surface area contributed by atoms with E-state index >= 15 is 0 Å². The van der Waals surface area contributed by atoms with Crippen molar-refractivity contribution < 1.29 is 18.7 Å². The van der Waals surface area contributed by atoms with Gasteiger partial charge in [-0.15, -0.1) is 0 Å². The van der Waals surface area contributed by atoms with Gasteiger partial charge in [-0.25, -0.2) is 8.78 Å². The SMILES string of the molecule is CC(C#N)C(=O)NCC(O)C(F)F. The lowest BCUT2D eigenvalue weighted by Crippen LogP contribution is -2.38. The molecule has 0 aliphatic carbocycles. The van der Waals surface area contributed by atoms with Crippen LogP contribution in [0.1, 0.15) is 6.92 Å². The second-order valence-electron chi connectivity index (χ2n) is 2.50. The van der Waals surface area contributed by atoms with Crippen molar-refractivity contribution in [3.63, 3.8) is 0 Å². The third-order valence-corrected chi connectivity index (χ3v) is 1.36. The van der Waals surface area contributed by atoms with E-state index in [1.54, 1.807) is 6.07 Å². The third-order valence-electron chi connectivity index (χ3n) is 1.36. The zero-order valence-electron chi connectivity index (χ0n) is 7.00. The van der Waals surface area contributed by atoms with Gasteiger partial charge >= 0.3 is 0 Å². The van der Waals surface area contributed by atoms with Crippen molar-refractivity contribution in [2.75, 3.05) is 6.54 Å². The van der Waals surface area contributed by atoms with Crippen LogP contribution >= 0.6 is 0 Å².